The Morgan fingerprint density at radius 1 is 1.32 bits per heavy atom. The smallest absolute Gasteiger partial charge is 0.180 e. The van der Waals surface area contributed by atoms with E-state index in [1.165, 1.54) is 11.3 Å². The third-order valence-electron chi connectivity index (χ3n) is 2.77. The van der Waals surface area contributed by atoms with Crippen molar-refractivity contribution in [2.75, 3.05) is 5.73 Å². The minimum Gasteiger partial charge on any atom is -0.385 e. The summed E-state index contributed by atoms with van der Waals surface area (Å²) in [6.45, 7) is 1.94. The second-order valence-electron chi connectivity index (χ2n) is 4.10. The van der Waals surface area contributed by atoms with Crippen molar-refractivity contribution in [3.05, 3.63) is 34.7 Å². The predicted octanol–water partition coefficient (Wildman–Crippen LogP) is 1.62. The second-order valence-corrected chi connectivity index (χ2v) is 5.33. The summed E-state index contributed by atoms with van der Waals surface area (Å²) < 4.78 is 0. The molecule has 0 bridgehead atoms. The zero-order valence-corrected chi connectivity index (χ0v) is 11.1. The summed E-state index contributed by atoms with van der Waals surface area (Å²) in [5.41, 5.74) is 7.83. The number of aliphatic hydroxyl groups is 2. The number of aromatic nitrogens is 1. The molecule has 2 rings (SSSR count). The Kier molecular flexibility index (Phi) is 3.81. The molecule has 0 saturated carbocycles. The molecule has 19 heavy (non-hydrogen) atoms. The first-order valence-electron chi connectivity index (χ1n) is 5.62. The monoisotopic (exact) mass is 275 g/mol. The van der Waals surface area contributed by atoms with Gasteiger partial charge in [-0.25, -0.2) is 4.98 Å². The highest BCUT2D eigenvalue weighted by Crippen LogP contribution is 2.29. The minimum absolute atomic E-state index is 0.485. The van der Waals surface area contributed by atoms with Crippen molar-refractivity contribution in [1.29, 1.82) is 5.26 Å². The van der Waals surface area contributed by atoms with E-state index < -0.39 is 12.2 Å². The standard InChI is InChI=1S/C13H13N3O2S/c1-7-11(16-13(15)19-7)8-2-4-9(5-3-8)12(18)10(17)6-14/h2-5,10,12,17-18H,1H3,(H2,15,16). The van der Waals surface area contributed by atoms with Crippen molar-refractivity contribution < 1.29 is 10.2 Å². The molecule has 2 aromatic rings. The van der Waals surface area contributed by atoms with Crippen LogP contribution >= 0.6 is 11.3 Å². The molecule has 2 unspecified atom stereocenters. The quantitative estimate of drug-likeness (QED) is 0.738. The molecule has 0 aliphatic rings. The van der Waals surface area contributed by atoms with Gasteiger partial charge in [-0.15, -0.1) is 11.3 Å². The van der Waals surface area contributed by atoms with E-state index in [0.29, 0.717) is 10.7 Å². The van der Waals surface area contributed by atoms with Gasteiger partial charge in [0.2, 0.25) is 0 Å². The Bertz CT molecular complexity index is 616. The minimum atomic E-state index is -1.43. The topological polar surface area (TPSA) is 103 Å². The third kappa shape index (κ3) is 2.74. The van der Waals surface area contributed by atoms with Crippen LogP contribution in [0, 0.1) is 18.3 Å². The molecule has 1 aromatic carbocycles. The lowest BCUT2D eigenvalue weighted by molar-refractivity contribution is 0.0528. The van der Waals surface area contributed by atoms with Crippen molar-refractivity contribution in [3.8, 4) is 17.3 Å². The molecule has 4 N–H and O–H groups in total. The van der Waals surface area contributed by atoms with Crippen LogP contribution in [0.5, 0.6) is 0 Å². The Morgan fingerprint density at radius 3 is 2.42 bits per heavy atom. The highest BCUT2D eigenvalue weighted by atomic mass is 32.1. The molecule has 0 spiro atoms. The second kappa shape index (κ2) is 5.36. The number of thiazole rings is 1. The van der Waals surface area contributed by atoms with Crippen LogP contribution in [0.4, 0.5) is 5.13 Å². The van der Waals surface area contributed by atoms with Crippen molar-refractivity contribution in [3.63, 3.8) is 0 Å². The van der Waals surface area contributed by atoms with Gasteiger partial charge in [-0.1, -0.05) is 24.3 Å². The van der Waals surface area contributed by atoms with Gasteiger partial charge < -0.3 is 15.9 Å². The number of nitrogens with two attached hydrogens (primary N) is 1. The number of hydrogen-bond acceptors (Lipinski definition) is 6. The fraction of sp³-hybridized carbons (Fsp3) is 0.231. The molecular formula is C13H13N3O2S. The Hall–Kier alpha value is -1.94. The fourth-order valence-electron chi connectivity index (χ4n) is 1.78. The Balaban J connectivity index is 2.29. The number of hydrogen-bond donors (Lipinski definition) is 3. The summed E-state index contributed by atoms with van der Waals surface area (Å²) in [4.78, 5) is 5.25. The Morgan fingerprint density at radius 2 is 1.95 bits per heavy atom. The Labute approximate surface area is 114 Å². The van der Waals surface area contributed by atoms with Crippen molar-refractivity contribution in [2.45, 2.75) is 19.1 Å². The third-order valence-corrected chi connectivity index (χ3v) is 3.57. The number of aliphatic hydroxyl groups excluding tert-OH is 2. The maximum absolute atomic E-state index is 9.70. The molecule has 6 heteroatoms. The molecule has 98 valence electrons. The molecule has 1 aromatic heterocycles. The number of nitrogen functional groups attached to an aromatic ring is 1. The van der Waals surface area contributed by atoms with Crippen LogP contribution in [0.1, 0.15) is 16.5 Å². The molecule has 0 saturated heterocycles. The van der Waals surface area contributed by atoms with Crippen LogP contribution in [0.15, 0.2) is 24.3 Å². The van der Waals surface area contributed by atoms with Gasteiger partial charge in [0.15, 0.2) is 11.2 Å². The van der Waals surface area contributed by atoms with Crippen LogP contribution in [-0.2, 0) is 0 Å². The van der Waals surface area contributed by atoms with E-state index in [1.807, 2.05) is 6.92 Å². The molecule has 1 heterocycles. The maximum Gasteiger partial charge on any atom is 0.180 e. The van der Waals surface area contributed by atoms with Crippen molar-refractivity contribution in [1.82, 2.24) is 4.98 Å². The summed E-state index contributed by atoms with van der Waals surface area (Å²) in [5, 5.41) is 28.0. The molecule has 0 radical (unpaired) electrons. The van der Waals surface area contributed by atoms with Crippen molar-refractivity contribution >= 4 is 16.5 Å². The van der Waals surface area contributed by atoms with Crippen LogP contribution in [0.25, 0.3) is 11.3 Å². The van der Waals surface area contributed by atoms with E-state index in [4.69, 9.17) is 11.0 Å². The first-order chi connectivity index (χ1) is 9.02. The van der Waals surface area contributed by atoms with E-state index in [9.17, 15) is 10.2 Å². The maximum atomic E-state index is 9.70. The predicted molar refractivity (Wildman–Crippen MR) is 73.3 cm³/mol. The highest BCUT2D eigenvalue weighted by molar-refractivity contribution is 7.15. The lowest BCUT2D eigenvalue weighted by atomic mass is 10.0. The van der Waals surface area contributed by atoms with Gasteiger partial charge in [-0.3, -0.25) is 0 Å². The number of anilines is 1. The summed E-state index contributed by atoms with van der Waals surface area (Å²) in [7, 11) is 0. The van der Waals surface area contributed by atoms with Gasteiger partial charge in [0.25, 0.3) is 0 Å². The number of rotatable bonds is 3. The van der Waals surface area contributed by atoms with Crippen molar-refractivity contribution in [2.24, 2.45) is 0 Å². The number of nitriles is 1. The van der Waals surface area contributed by atoms with Gasteiger partial charge in [-0.05, 0) is 12.5 Å². The van der Waals surface area contributed by atoms with Gasteiger partial charge >= 0.3 is 0 Å². The zero-order valence-electron chi connectivity index (χ0n) is 10.2. The summed E-state index contributed by atoms with van der Waals surface area (Å²) in [6, 6.07) is 8.49. The van der Waals surface area contributed by atoms with E-state index in [2.05, 4.69) is 4.98 Å². The van der Waals surface area contributed by atoms with Gasteiger partial charge in [0.05, 0.1) is 11.8 Å². The SMILES string of the molecule is Cc1sc(N)nc1-c1ccc(C(O)C(O)C#N)cc1. The van der Waals surface area contributed by atoms with E-state index >= 15 is 0 Å². The zero-order chi connectivity index (χ0) is 14.0. The molecule has 0 fully saturated rings. The normalized spacial score (nSPS) is 13.8. The molecule has 0 amide bonds. The van der Waals surface area contributed by atoms with Crippen LogP contribution in [0.2, 0.25) is 0 Å². The average Bonchev–Trinajstić information content (AvgIpc) is 2.76. The molecule has 2 atom stereocenters. The number of benzene rings is 1. The summed E-state index contributed by atoms with van der Waals surface area (Å²) in [6.07, 6.45) is -2.64. The van der Waals surface area contributed by atoms with Crippen LogP contribution < -0.4 is 5.73 Å². The van der Waals surface area contributed by atoms with Gasteiger partial charge in [-0.2, -0.15) is 5.26 Å². The van der Waals surface area contributed by atoms with Gasteiger partial charge in [0, 0.05) is 10.4 Å². The van der Waals surface area contributed by atoms with Crippen LogP contribution in [0.3, 0.4) is 0 Å². The lowest BCUT2D eigenvalue weighted by Crippen LogP contribution is -2.15. The summed E-state index contributed by atoms with van der Waals surface area (Å²) >= 11 is 1.42. The molecule has 0 aliphatic heterocycles. The first-order valence-corrected chi connectivity index (χ1v) is 6.43. The first kappa shape index (κ1) is 13.5. The van der Waals surface area contributed by atoms with E-state index in [0.717, 1.165) is 16.1 Å². The fourth-order valence-corrected chi connectivity index (χ4v) is 2.49. The summed E-state index contributed by atoms with van der Waals surface area (Å²) in [5.74, 6) is 0. The van der Waals surface area contributed by atoms with Gasteiger partial charge in [0.1, 0.15) is 6.10 Å². The highest BCUT2D eigenvalue weighted by Gasteiger charge is 2.17. The van der Waals surface area contributed by atoms with E-state index in [1.54, 1.807) is 30.3 Å². The average molecular weight is 275 g/mol. The largest absolute Gasteiger partial charge is 0.385 e. The number of nitrogens with zero attached hydrogens (tertiary/aromatic N) is 2. The number of aryl methyl sites for hydroxylation is 1. The molecule has 5 nitrogen and oxygen atoms in total. The van der Waals surface area contributed by atoms with E-state index in [-0.39, 0.29) is 0 Å². The molecular weight excluding hydrogens is 262 g/mol. The van der Waals surface area contributed by atoms with Crippen LogP contribution in [-0.4, -0.2) is 21.3 Å². The molecule has 0 aliphatic carbocycles. The lowest BCUT2D eigenvalue weighted by Gasteiger charge is -2.12.